The maximum absolute atomic E-state index is 9.90. The first-order chi connectivity index (χ1) is 35.3. The van der Waals surface area contributed by atoms with Gasteiger partial charge in [-0.05, 0) is 106 Å². The largest absolute Gasteiger partial charge is 0.337 e. The molecule has 0 saturated carbocycles. The summed E-state index contributed by atoms with van der Waals surface area (Å²) in [6, 6.07) is 74.3. The fourth-order valence-corrected chi connectivity index (χ4v) is 8.11. The number of nitrogens with zero attached hydrogens (tertiary/aromatic N) is 12. The Hall–Kier alpha value is -11.4. The Balaban J connectivity index is 1.38. The zero-order valence-corrected chi connectivity index (χ0v) is 38.3. The van der Waals surface area contributed by atoms with Crippen LogP contribution in [0.4, 0.5) is 34.1 Å². The van der Waals surface area contributed by atoms with Gasteiger partial charge in [-0.1, -0.05) is 109 Å². The zero-order valence-electron chi connectivity index (χ0n) is 38.3. The molecule has 0 aromatic heterocycles. The first kappa shape index (κ1) is 48.5. The fourth-order valence-electron chi connectivity index (χ4n) is 8.11. The fraction of sp³-hybridized carbons (Fsp3) is 0.0500. The van der Waals surface area contributed by atoms with Crippen LogP contribution in [0.3, 0.4) is 0 Å². The number of nitriles is 9. The van der Waals surface area contributed by atoms with E-state index in [1.165, 1.54) is 0 Å². The molecule has 0 unspecified atom stereocenters. The summed E-state index contributed by atoms with van der Waals surface area (Å²) < 4.78 is 0. The second-order valence-electron chi connectivity index (χ2n) is 15.8. The van der Waals surface area contributed by atoms with Gasteiger partial charge in [-0.3, -0.25) is 0 Å². The molecule has 72 heavy (non-hydrogen) atoms. The number of para-hydroxylation sites is 3. The summed E-state index contributed by atoms with van der Waals surface area (Å²) >= 11 is 0. The molecule has 0 amide bonds. The monoisotopic (exact) mass is 924 g/mol. The predicted octanol–water partition coefficient (Wildman–Crippen LogP) is 12.7. The third kappa shape index (κ3) is 11.0. The molecule has 0 aliphatic heterocycles. The van der Waals surface area contributed by atoms with Crippen molar-refractivity contribution in [1.29, 1.82) is 47.4 Å². The molecule has 0 fully saturated rings. The molecule has 7 rings (SSSR count). The van der Waals surface area contributed by atoms with E-state index in [2.05, 4.69) is 32.9 Å². The van der Waals surface area contributed by atoms with E-state index in [4.69, 9.17) is 0 Å². The van der Waals surface area contributed by atoms with E-state index >= 15 is 0 Å². The van der Waals surface area contributed by atoms with E-state index in [0.717, 1.165) is 50.8 Å². The van der Waals surface area contributed by atoms with Crippen LogP contribution in [0.25, 0.3) is 16.7 Å². The number of anilines is 6. The Morgan fingerprint density at radius 2 is 0.472 bits per heavy atom. The van der Waals surface area contributed by atoms with Crippen LogP contribution in [0.2, 0.25) is 0 Å². The zero-order chi connectivity index (χ0) is 50.8. The Morgan fingerprint density at radius 1 is 0.264 bits per heavy atom. The number of rotatable bonds is 15. The van der Waals surface area contributed by atoms with Gasteiger partial charge in [0, 0.05) is 53.8 Å². The number of hydrogen-bond acceptors (Lipinski definition) is 12. The summed E-state index contributed by atoms with van der Waals surface area (Å²) in [7, 11) is 0. The van der Waals surface area contributed by atoms with Gasteiger partial charge in [-0.25, -0.2) is 0 Å². The van der Waals surface area contributed by atoms with Crippen molar-refractivity contribution in [3.8, 4) is 54.6 Å². The van der Waals surface area contributed by atoms with Crippen molar-refractivity contribution in [2.24, 2.45) is 0 Å². The standard InChI is InChI=1S/C60H36N12/c61-31-49(32-62)58(37-67)46-16-22-55(23-17-46)70(52-10-4-1-5-11-52)40-43-28-44(41-71(53-12-6-2-7-13-53)56-24-18-47(19-25-56)59(38-68)50(33-63)34-64)30-45(29-43)42-72(54-14-8-3-9-15-54)57-26-20-48(21-27-57)60(39-69)51(35-65)36-66/h1-30H,40-42H2. The van der Waals surface area contributed by atoms with Crippen LogP contribution in [0, 0.1) is 102 Å². The smallest absolute Gasteiger partial charge is 0.148 e. The molecule has 7 aromatic carbocycles. The summed E-state index contributed by atoms with van der Waals surface area (Å²) in [4.78, 5) is 6.40. The van der Waals surface area contributed by atoms with Gasteiger partial charge in [-0.2, -0.15) is 47.4 Å². The van der Waals surface area contributed by atoms with Crippen molar-refractivity contribution in [2.75, 3.05) is 14.7 Å². The molecule has 0 spiro atoms. The van der Waals surface area contributed by atoms with Gasteiger partial charge in [0.2, 0.25) is 0 Å². The first-order valence-electron chi connectivity index (χ1n) is 22.0. The Labute approximate surface area is 417 Å². The van der Waals surface area contributed by atoms with Crippen LogP contribution in [-0.2, 0) is 19.6 Å². The van der Waals surface area contributed by atoms with E-state index < -0.39 is 0 Å². The van der Waals surface area contributed by atoms with Gasteiger partial charge in [0.1, 0.15) is 71.3 Å². The Morgan fingerprint density at radius 3 is 0.667 bits per heavy atom. The van der Waals surface area contributed by atoms with E-state index in [9.17, 15) is 47.4 Å². The second-order valence-corrected chi connectivity index (χ2v) is 15.8. The number of hydrogen-bond donors (Lipinski definition) is 0. The highest BCUT2D eigenvalue weighted by Crippen LogP contribution is 2.35. The molecule has 12 nitrogen and oxygen atoms in total. The van der Waals surface area contributed by atoms with Crippen LogP contribution in [0.5, 0.6) is 0 Å². The van der Waals surface area contributed by atoms with Crippen LogP contribution in [-0.4, -0.2) is 0 Å². The summed E-state index contributed by atoms with van der Waals surface area (Å²) in [5, 5.41) is 87.0. The average Bonchev–Trinajstić information content (AvgIpc) is 3.44. The highest BCUT2D eigenvalue weighted by molar-refractivity contribution is 5.87. The molecule has 0 aliphatic carbocycles. The highest BCUT2D eigenvalue weighted by Gasteiger charge is 2.20. The first-order valence-corrected chi connectivity index (χ1v) is 22.0. The molecular weight excluding hydrogens is 889 g/mol. The lowest BCUT2D eigenvalue weighted by molar-refractivity contribution is 0.917. The van der Waals surface area contributed by atoms with Crippen molar-refractivity contribution in [3.63, 3.8) is 0 Å². The molecule has 0 N–H and O–H groups in total. The highest BCUT2D eigenvalue weighted by atomic mass is 15.1. The Kier molecular flexibility index (Phi) is 15.7. The minimum atomic E-state index is -0.276. The molecule has 0 aliphatic rings. The van der Waals surface area contributed by atoms with Crippen LogP contribution in [0.15, 0.2) is 199 Å². The summed E-state index contributed by atoms with van der Waals surface area (Å²) in [5.41, 5.74) is 8.22. The van der Waals surface area contributed by atoms with Gasteiger partial charge in [0.15, 0.2) is 0 Å². The van der Waals surface area contributed by atoms with Gasteiger partial charge in [0.05, 0.1) is 16.7 Å². The van der Waals surface area contributed by atoms with Crippen molar-refractivity contribution >= 4 is 50.8 Å². The molecule has 0 bridgehead atoms. The van der Waals surface area contributed by atoms with Crippen LogP contribution in [0.1, 0.15) is 33.4 Å². The van der Waals surface area contributed by atoms with Crippen molar-refractivity contribution in [2.45, 2.75) is 19.6 Å². The van der Waals surface area contributed by atoms with Crippen LogP contribution >= 0.6 is 0 Å². The molecule has 0 heterocycles. The lowest BCUT2D eigenvalue weighted by atomic mass is 10.00. The maximum Gasteiger partial charge on any atom is 0.148 e. The molecule has 0 radical (unpaired) electrons. The predicted molar refractivity (Wildman–Crippen MR) is 274 cm³/mol. The Bertz CT molecular complexity index is 3180. The minimum Gasteiger partial charge on any atom is -0.337 e. The molecule has 336 valence electrons. The van der Waals surface area contributed by atoms with Crippen molar-refractivity contribution < 1.29 is 0 Å². The SMILES string of the molecule is N#CC(C#N)=C(C#N)c1ccc(N(Cc2cc(CN(c3ccccc3)c3ccc(C(C#N)=C(C#N)C#N)cc3)cc(CN(c3ccccc3)c3ccc(C(C#N)=C(C#N)C#N)cc3)c2)c2ccccc2)cc1. The van der Waals surface area contributed by atoms with Gasteiger partial charge < -0.3 is 14.7 Å². The molecule has 0 atom stereocenters. The third-order valence-electron chi connectivity index (χ3n) is 11.5. The molecule has 0 saturated heterocycles. The van der Waals surface area contributed by atoms with Gasteiger partial charge in [-0.15, -0.1) is 0 Å². The van der Waals surface area contributed by atoms with E-state index in [1.54, 1.807) is 36.4 Å². The molecule has 7 aromatic rings. The minimum absolute atomic E-state index is 0.0162. The number of benzene rings is 7. The van der Waals surface area contributed by atoms with Gasteiger partial charge in [0.25, 0.3) is 0 Å². The third-order valence-corrected chi connectivity index (χ3v) is 11.5. The number of allylic oxidation sites excluding steroid dienone is 6. The molecule has 12 heteroatoms. The molecular formula is C60H36N12. The lowest BCUT2D eigenvalue weighted by Gasteiger charge is -2.29. The lowest BCUT2D eigenvalue weighted by Crippen LogP contribution is -2.20. The van der Waals surface area contributed by atoms with Crippen LogP contribution < -0.4 is 14.7 Å². The summed E-state index contributed by atoms with van der Waals surface area (Å²) in [5.74, 6) is 0. The second kappa shape index (κ2) is 23.3. The quantitative estimate of drug-likeness (QED) is 0.0876. The summed E-state index contributed by atoms with van der Waals surface area (Å²) in [6.45, 7) is 1.12. The van der Waals surface area contributed by atoms with Gasteiger partial charge >= 0.3 is 0 Å². The van der Waals surface area contributed by atoms with Crippen molar-refractivity contribution in [3.05, 3.63) is 232 Å². The topological polar surface area (TPSA) is 224 Å². The van der Waals surface area contributed by atoms with E-state index in [0.29, 0.717) is 36.3 Å². The normalized spacial score (nSPS) is 9.71. The van der Waals surface area contributed by atoms with E-state index in [-0.39, 0.29) is 33.4 Å². The average molecular weight is 925 g/mol. The van der Waals surface area contributed by atoms with Crippen molar-refractivity contribution in [1.82, 2.24) is 0 Å². The maximum atomic E-state index is 9.90. The summed E-state index contributed by atoms with van der Waals surface area (Å²) in [6.07, 6.45) is 0. The van der Waals surface area contributed by atoms with E-state index in [1.807, 2.05) is 182 Å².